The summed E-state index contributed by atoms with van der Waals surface area (Å²) in [5, 5.41) is 0.134. The second kappa shape index (κ2) is 10.7. The van der Waals surface area contributed by atoms with Crippen LogP contribution in [0.1, 0.15) is 38.7 Å². The van der Waals surface area contributed by atoms with Gasteiger partial charge < -0.3 is 9.80 Å². The maximum atomic E-state index is 15.4. The topological polar surface area (TPSA) is 58.4 Å². The van der Waals surface area contributed by atoms with E-state index in [0.717, 1.165) is 31.4 Å². The maximum absolute atomic E-state index is 15.4. The molecule has 2 atom stereocenters. The Morgan fingerprint density at radius 2 is 1.81 bits per heavy atom. The number of aromatic nitrogens is 2. The van der Waals surface area contributed by atoms with E-state index in [2.05, 4.69) is 11.6 Å². The van der Waals surface area contributed by atoms with E-state index >= 15 is 4.39 Å². The molecule has 0 radical (unpaired) electrons. The van der Waals surface area contributed by atoms with E-state index in [1.165, 1.54) is 22.4 Å². The van der Waals surface area contributed by atoms with Crippen molar-refractivity contribution in [3.8, 4) is 11.1 Å². The Bertz CT molecular complexity index is 1730. The number of alkyl halides is 3. The third-order valence-corrected chi connectivity index (χ3v) is 11.1. The fourth-order valence-corrected chi connectivity index (χ4v) is 8.77. The molecule has 0 unspecified atom stereocenters. The number of hydrogen-bond acceptors (Lipinski definition) is 5. The summed E-state index contributed by atoms with van der Waals surface area (Å²) in [6.45, 7) is 7.96. The lowest BCUT2D eigenvalue weighted by molar-refractivity contribution is -0.137. The average Bonchev–Trinajstić information content (AvgIpc) is 3.10. The number of rotatable bonds is 3. The zero-order valence-corrected chi connectivity index (χ0v) is 26.4. The van der Waals surface area contributed by atoms with Gasteiger partial charge in [-0.1, -0.05) is 13.0 Å². The van der Waals surface area contributed by atoms with Gasteiger partial charge in [-0.2, -0.15) is 18.2 Å². The van der Waals surface area contributed by atoms with Crippen LogP contribution in [-0.2, 0) is 17.5 Å². The molecule has 1 saturated carbocycles. The molecule has 228 valence electrons. The molecule has 0 N–H and O–H groups in total. The Kier molecular flexibility index (Phi) is 7.58. The highest BCUT2D eigenvalue weighted by atomic mass is 127. The largest absolute Gasteiger partial charge is 0.417 e. The Morgan fingerprint density at radius 3 is 2.40 bits per heavy atom. The van der Waals surface area contributed by atoms with E-state index in [1.54, 1.807) is 32.4 Å². The lowest BCUT2D eigenvalue weighted by Crippen LogP contribution is -2.58. The number of halogens is 6. The summed E-state index contributed by atoms with van der Waals surface area (Å²) >= 11 is 2.83. The highest BCUT2D eigenvalue weighted by Gasteiger charge is 2.44. The molecule has 1 spiro atoms. The molecule has 6 rings (SSSR count). The number of carbonyl (C=O) groups is 1. The van der Waals surface area contributed by atoms with Gasteiger partial charge in [0.25, 0.3) is 0 Å². The summed E-state index contributed by atoms with van der Waals surface area (Å²) in [4.78, 5) is 34.2. The van der Waals surface area contributed by atoms with Crippen LogP contribution in [0.3, 0.4) is 0 Å². The van der Waals surface area contributed by atoms with Crippen LogP contribution in [0.5, 0.6) is 0 Å². The zero-order chi connectivity index (χ0) is 31.0. The first-order valence-electron chi connectivity index (χ1n) is 13.9. The number of nitrogens with zero attached hydrogens (tertiary/aromatic N) is 4. The van der Waals surface area contributed by atoms with Crippen molar-refractivity contribution in [3.05, 3.63) is 62.1 Å². The first-order valence-corrected chi connectivity index (χ1v) is 16.0. The summed E-state index contributed by atoms with van der Waals surface area (Å²) in [6, 6.07) is 1.96. The predicted octanol–water partition coefficient (Wildman–Crippen LogP) is 6.85. The third kappa shape index (κ3) is 5.03. The van der Waals surface area contributed by atoms with Gasteiger partial charge in [0.15, 0.2) is 0 Å². The van der Waals surface area contributed by atoms with Crippen molar-refractivity contribution in [3.63, 3.8) is 0 Å². The number of hydrogen-bond donors (Lipinski definition) is 0. The first-order chi connectivity index (χ1) is 20.2. The highest BCUT2D eigenvalue weighted by Crippen LogP contribution is 2.54. The molecule has 2 aromatic carbocycles. The molecule has 3 heterocycles. The van der Waals surface area contributed by atoms with Gasteiger partial charge >= 0.3 is 11.9 Å². The fraction of sp³-hybridized carbons (Fsp3) is 0.433. The van der Waals surface area contributed by atoms with Crippen LogP contribution in [0.15, 0.2) is 40.5 Å². The van der Waals surface area contributed by atoms with Crippen LogP contribution in [0.25, 0.3) is 22.0 Å². The number of piperazine rings is 1. The van der Waals surface area contributed by atoms with Gasteiger partial charge in [0.2, 0.25) is 5.91 Å². The van der Waals surface area contributed by atoms with E-state index in [0.29, 0.717) is 11.8 Å². The quantitative estimate of drug-likeness (QED) is 0.128. The minimum absolute atomic E-state index is 0.0220. The first kappa shape index (κ1) is 30.4. The van der Waals surface area contributed by atoms with Crippen LogP contribution in [-0.4, -0.2) is 51.3 Å². The van der Waals surface area contributed by atoms with Crippen molar-refractivity contribution < 1.29 is 26.7 Å². The van der Waals surface area contributed by atoms with Gasteiger partial charge in [0, 0.05) is 68.5 Å². The van der Waals surface area contributed by atoms with E-state index in [-0.39, 0.29) is 73.8 Å². The highest BCUT2D eigenvalue weighted by molar-refractivity contribution is 14.1. The van der Waals surface area contributed by atoms with Crippen LogP contribution >= 0.6 is 34.4 Å². The van der Waals surface area contributed by atoms with Crippen LogP contribution in [0, 0.1) is 20.6 Å². The Balaban J connectivity index is 1.66. The molecule has 1 aromatic heterocycles. The number of thioether (sulfide) groups is 1. The van der Waals surface area contributed by atoms with Gasteiger partial charge in [0.05, 0.1) is 11.1 Å². The number of anilines is 1. The predicted molar refractivity (Wildman–Crippen MR) is 164 cm³/mol. The molecule has 2 aliphatic heterocycles. The molecule has 1 amide bonds. The number of benzene rings is 2. The molecule has 6 nitrogen and oxygen atoms in total. The molecule has 3 aromatic rings. The van der Waals surface area contributed by atoms with Crippen molar-refractivity contribution >= 4 is 57.0 Å². The smallest absolute Gasteiger partial charge is 0.352 e. The molecule has 1 aliphatic carbocycles. The maximum Gasteiger partial charge on any atom is 0.417 e. The van der Waals surface area contributed by atoms with Crippen LogP contribution in [0.2, 0.25) is 0 Å². The van der Waals surface area contributed by atoms with Crippen LogP contribution in [0.4, 0.5) is 27.8 Å². The lowest BCUT2D eigenvalue weighted by atomic mass is 9.70. The van der Waals surface area contributed by atoms with Crippen molar-refractivity contribution in [1.29, 1.82) is 0 Å². The molecular formula is C30H28F5IN4O2S. The second-order valence-electron chi connectivity index (χ2n) is 11.8. The number of amides is 1. The summed E-state index contributed by atoms with van der Waals surface area (Å²) in [7, 11) is 0. The van der Waals surface area contributed by atoms with E-state index in [4.69, 9.17) is 0 Å². The summed E-state index contributed by atoms with van der Waals surface area (Å²) < 4.78 is 75.8. The van der Waals surface area contributed by atoms with Crippen LogP contribution < -0.4 is 10.6 Å². The normalized spacial score (nSPS) is 21.6. The van der Waals surface area contributed by atoms with Crippen molar-refractivity contribution in [2.24, 2.45) is 5.41 Å². The van der Waals surface area contributed by atoms with Gasteiger partial charge in [-0.3, -0.25) is 9.36 Å². The van der Waals surface area contributed by atoms with Crippen molar-refractivity contribution in [2.75, 3.05) is 23.7 Å². The third-order valence-electron chi connectivity index (χ3n) is 8.86. The van der Waals surface area contributed by atoms with Crippen molar-refractivity contribution in [1.82, 2.24) is 14.5 Å². The SMILES string of the molecule is C=CC(=O)N1[C@H](C)CN(c2nc(=O)n3c4c(c(-c5cc(I)c(F)cc5F)c(C(F)(F)F)cc24)SCC2(CCC2)C3)C[C@@H]1C. The minimum atomic E-state index is -4.90. The summed E-state index contributed by atoms with van der Waals surface area (Å²) in [5.74, 6) is -1.70. The van der Waals surface area contributed by atoms with E-state index in [9.17, 15) is 27.2 Å². The standard InChI is InChI=1S/C30H28F5IN4O2S/c1-4-23(41)40-15(2)11-38(12-16(40)3)27-18-8-19(30(33,34)35)24(17-9-22(36)21(32)10-20(17)31)26-25(18)39(28(42)37-27)13-29(14-43-26)6-5-7-29/h4,8-10,15-16H,1,5-7,11-14H2,2-3H3/t15-,16+. The number of carbonyl (C=O) groups excluding carboxylic acids is 1. The van der Waals surface area contributed by atoms with Gasteiger partial charge in [0.1, 0.15) is 17.5 Å². The summed E-state index contributed by atoms with van der Waals surface area (Å²) in [6.07, 6.45) is -1.12. The Labute approximate surface area is 262 Å². The van der Waals surface area contributed by atoms with E-state index < -0.39 is 34.6 Å². The molecule has 43 heavy (non-hydrogen) atoms. The molecule has 2 fully saturated rings. The van der Waals surface area contributed by atoms with E-state index in [1.807, 2.05) is 13.8 Å². The zero-order valence-electron chi connectivity index (χ0n) is 23.4. The fourth-order valence-electron chi connectivity index (χ4n) is 6.75. The summed E-state index contributed by atoms with van der Waals surface area (Å²) in [5.41, 5.74) is -2.47. The minimum Gasteiger partial charge on any atom is -0.352 e. The average molecular weight is 731 g/mol. The second-order valence-corrected chi connectivity index (χ2v) is 13.9. The van der Waals surface area contributed by atoms with Crippen molar-refractivity contribution in [2.45, 2.75) is 62.8 Å². The Hall–Kier alpha value is -2.68. The molecule has 1 saturated heterocycles. The molecule has 3 aliphatic rings. The Morgan fingerprint density at radius 1 is 1.14 bits per heavy atom. The van der Waals surface area contributed by atoms with Gasteiger partial charge in [-0.15, -0.1) is 11.8 Å². The monoisotopic (exact) mass is 730 g/mol. The molecule has 0 bridgehead atoms. The van der Waals surface area contributed by atoms with Gasteiger partial charge in [-0.25, -0.2) is 13.6 Å². The van der Waals surface area contributed by atoms with Gasteiger partial charge in [-0.05, 0) is 72.9 Å². The molecule has 13 heteroatoms. The lowest BCUT2D eigenvalue weighted by Gasteiger charge is -2.45. The molecular weight excluding hydrogens is 702 g/mol.